The molecule has 2 N–H and O–H groups in total. The van der Waals surface area contributed by atoms with Gasteiger partial charge in [-0.25, -0.2) is 0 Å². The van der Waals surface area contributed by atoms with Gasteiger partial charge in [0, 0.05) is 11.9 Å². The third-order valence-electron chi connectivity index (χ3n) is 1.52. The van der Waals surface area contributed by atoms with E-state index in [1.165, 1.54) is 12.4 Å². The molecule has 0 aliphatic rings. The van der Waals surface area contributed by atoms with Gasteiger partial charge in [-0.1, -0.05) is 0 Å². The molecule has 5 heteroatoms. The minimum atomic E-state index is -1.20. The molecule has 1 rings (SSSR count). The van der Waals surface area contributed by atoms with Crippen molar-refractivity contribution in [3.8, 4) is 0 Å². The van der Waals surface area contributed by atoms with Crippen LogP contribution in [-0.2, 0) is 10.8 Å². The van der Waals surface area contributed by atoms with Crippen molar-refractivity contribution >= 4 is 16.5 Å². The van der Waals surface area contributed by atoms with E-state index < -0.39 is 17.5 Å². The first-order valence-electron chi connectivity index (χ1n) is 3.89. The fraction of sp³-hybridized carbons (Fsp3) is 0.375. The van der Waals surface area contributed by atoms with Crippen molar-refractivity contribution in [2.75, 3.05) is 18.2 Å². The highest BCUT2D eigenvalue weighted by atomic mass is 32.2. The van der Waals surface area contributed by atoms with E-state index in [4.69, 9.17) is 5.73 Å². The highest BCUT2D eigenvalue weighted by Gasteiger charge is 2.06. The van der Waals surface area contributed by atoms with Crippen molar-refractivity contribution in [1.82, 2.24) is 4.98 Å². The Hall–Kier alpha value is -0.970. The SMILES string of the molecule is Nc1cnccc1S(=O)CCCF. The number of nitrogens with zero attached hydrogens (tertiary/aromatic N) is 1. The van der Waals surface area contributed by atoms with Crippen molar-refractivity contribution in [3.63, 3.8) is 0 Å². The number of halogens is 1. The third kappa shape index (κ3) is 2.77. The molecular weight excluding hydrogens is 191 g/mol. The standard InChI is InChI=1S/C8H11FN2OS/c9-3-1-5-13(12)8-2-4-11-6-7(8)10/h2,4,6H,1,3,5,10H2. The number of hydrogen-bond acceptors (Lipinski definition) is 3. The highest BCUT2D eigenvalue weighted by molar-refractivity contribution is 7.85. The summed E-state index contributed by atoms with van der Waals surface area (Å²) < 4.78 is 23.3. The second kappa shape index (κ2) is 4.91. The number of hydrogen-bond donors (Lipinski definition) is 1. The second-order valence-corrected chi connectivity index (χ2v) is 4.04. The maximum Gasteiger partial charge on any atom is 0.0903 e. The molecule has 0 aliphatic carbocycles. The molecule has 0 bridgehead atoms. The Balaban J connectivity index is 2.71. The molecular formula is C8H11FN2OS. The minimum Gasteiger partial charge on any atom is -0.396 e. The molecule has 0 saturated heterocycles. The fourth-order valence-corrected chi connectivity index (χ4v) is 2.02. The van der Waals surface area contributed by atoms with E-state index in [-0.39, 0.29) is 0 Å². The first kappa shape index (κ1) is 10.1. The third-order valence-corrected chi connectivity index (χ3v) is 3.04. The van der Waals surface area contributed by atoms with E-state index in [0.29, 0.717) is 22.8 Å². The normalized spacial score (nSPS) is 12.7. The Morgan fingerprint density at radius 3 is 3.00 bits per heavy atom. The van der Waals surface area contributed by atoms with Crippen LogP contribution in [0.4, 0.5) is 10.1 Å². The monoisotopic (exact) mass is 202 g/mol. The van der Waals surface area contributed by atoms with Crippen molar-refractivity contribution in [2.45, 2.75) is 11.3 Å². The smallest absolute Gasteiger partial charge is 0.0903 e. The van der Waals surface area contributed by atoms with Crippen LogP contribution in [0, 0.1) is 0 Å². The lowest BCUT2D eigenvalue weighted by Gasteiger charge is -2.02. The Kier molecular flexibility index (Phi) is 3.82. The molecule has 1 unspecified atom stereocenters. The lowest BCUT2D eigenvalue weighted by Crippen LogP contribution is -2.03. The molecule has 72 valence electrons. The summed E-state index contributed by atoms with van der Waals surface area (Å²) in [6, 6.07) is 1.60. The summed E-state index contributed by atoms with van der Waals surface area (Å²) >= 11 is 0. The van der Waals surface area contributed by atoms with Crippen LogP contribution in [0.25, 0.3) is 0 Å². The number of nitrogen functional groups attached to an aromatic ring is 1. The molecule has 0 fully saturated rings. The van der Waals surface area contributed by atoms with E-state index in [9.17, 15) is 8.60 Å². The van der Waals surface area contributed by atoms with Gasteiger partial charge in [0.05, 0.1) is 34.3 Å². The minimum absolute atomic E-state index is 0.300. The molecule has 0 spiro atoms. The second-order valence-electron chi connectivity index (χ2n) is 2.51. The van der Waals surface area contributed by atoms with Gasteiger partial charge >= 0.3 is 0 Å². The van der Waals surface area contributed by atoms with Crippen LogP contribution in [0.3, 0.4) is 0 Å². The number of aromatic nitrogens is 1. The molecule has 13 heavy (non-hydrogen) atoms. The van der Waals surface area contributed by atoms with E-state index in [2.05, 4.69) is 4.98 Å². The number of alkyl halides is 1. The zero-order valence-electron chi connectivity index (χ0n) is 7.07. The molecule has 0 radical (unpaired) electrons. The number of pyridine rings is 1. The van der Waals surface area contributed by atoms with Crippen LogP contribution < -0.4 is 5.73 Å². The first-order chi connectivity index (χ1) is 6.25. The highest BCUT2D eigenvalue weighted by Crippen LogP contribution is 2.14. The van der Waals surface area contributed by atoms with Gasteiger partial charge in [-0.3, -0.25) is 13.6 Å². The van der Waals surface area contributed by atoms with E-state index in [1.807, 2.05) is 0 Å². The van der Waals surface area contributed by atoms with Crippen LogP contribution in [0.15, 0.2) is 23.4 Å². The quantitative estimate of drug-likeness (QED) is 0.796. The molecule has 1 aromatic heterocycles. The van der Waals surface area contributed by atoms with Gasteiger partial charge in [-0.05, 0) is 12.5 Å². The average Bonchev–Trinajstić information content (AvgIpc) is 2.15. The summed E-state index contributed by atoms with van der Waals surface area (Å²) in [6.07, 6.45) is 3.27. The van der Waals surface area contributed by atoms with Crippen LogP contribution in [0.2, 0.25) is 0 Å². The summed E-state index contributed by atoms with van der Waals surface area (Å²) in [5.41, 5.74) is 5.95. The number of rotatable bonds is 4. The summed E-state index contributed by atoms with van der Waals surface area (Å²) in [5.74, 6) is 0.310. The average molecular weight is 202 g/mol. The van der Waals surface area contributed by atoms with Gasteiger partial charge in [-0.2, -0.15) is 0 Å². The lowest BCUT2D eigenvalue weighted by molar-refractivity contribution is 0.488. The Morgan fingerprint density at radius 1 is 1.62 bits per heavy atom. The van der Waals surface area contributed by atoms with Crippen LogP contribution in [0.5, 0.6) is 0 Å². The summed E-state index contributed by atoms with van der Waals surface area (Å²) in [7, 11) is -1.20. The van der Waals surface area contributed by atoms with Gasteiger partial charge in [-0.15, -0.1) is 0 Å². The number of nitrogens with two attached hydrogens (primary N) is 1. The molecule has 3 nitrogen and oxygen atoms in total. The predicted molar refractivity (Wildman–Crippen MR) is 50.5 cm³/mol. The molecule has 0 amide bonds. The van der Waals surface area contributed by atoms with E-state index in [1.54, 1.807) is 6.07 Å². The van der Waals surface area contributed by atoms with E-state index >= 15 is 0 Å². The maximum atomic E-state index is 11.8. The number of anilines is 1. The van der Waals surface area contributed by atoms with Gasteiger partial charge in [0.15, 0.2) is 0 Å². The molecule has 1 aromatic rings. The molecule has 1 atom stereocenters. The summed E-state index contributed by atoms with van der Waals surface area (Å²) in [5, 5.41) is 0. The van der Waals surface area contributed by atoms with Crippen molar-refractivity contribution in [2.24, 2.45) is 0 Å². The zero-order chi connectivity index (χ0) is 9.68. The molecule has 0 aromatic carbocycles. The zero-order valence-corrected chi connectivity index (χ0v) is 7.89. The summed E-state index contributed by atoms with van der Waals surface area (Å²) in [4.78, 5) is 4.32. The van der Waals surface area contributed by atoms with Gasteiger partial charge in [0.2, 0.25) is 0 Å². The Morgan fingerprint density at radius 2 is 2.38 bits per heavy atom. The predicted octanol–water partition coefficient (Wildman–Crippen LogP) is 1.13. The largest absolute Gasteiger partial charge is 0.396 e. The van der Waals surface area contributed by atoms with Crippen molar-refractivity contribution < 1.29 is 8.60 Å². The van der Waals surface area contributed by atoms with Crippen LogP contribution in [0.1, 0.15) is 6.42 Å². The maximum absolute atomic E-state index is 11.8. The fourth-order valence-electron chi connectivity index (χ4n) is 0.897. The van der Waals surface area contributed by atoms with Crippen LogP contribution >= 0.6 is 0 Å². The summed E-state index contributed by atoms with van der Waals surface area (Å²) in [6.45, 7) is -0.448. The van der Waals surface area contributed by atoms with Gasteiger partial charge in [0.1, 0.15) is 0 Å². The molecule has 1 heterocycles. The van der Waals surface area contributed by atoms with Crippen molar-refractivity contribution in [3.05, 3.63) is 18.5 Å². The molecule has 0 aliphatic heterocycles. The van der Waals surface area contributed by atoms with E-state index in [0.717, 1.165) is 0 Å². The lowest BCUT2D eigenvalue weighted by atomic mass is 10.4. The Labute approximate surface area is 78.6 Å². The molecule has 0 saturated carbocycles. The first-order valence-corrected chi connectivity index (χ1v) is 5.21. The Bertz CT molecular complexity index is 306. The van der Waals surface area contributed by atoms with Crippen molar-refractivity contribution in [1.29, 1.82) is 0 Å². The van der Waals surface area contributed by atoms with Gasteiger partial charge in [0.25, 0.3) is 0 Å². The topological polar surface area (TPSA) is 56.0 Å². The van der Waals surface area contributed by atoms with Crippen LogP contribution in [-0.4, -0.2) is 21.6 Å². The van der Waals surface area contributed by atoms with Gasteiger partial charge < -0.3 is 5.73 Å².